The van der Waals surface area contributed by atoms with E-state index in [-0.39, 0.29) is 12.5 Å². The van der Waals surface area contributed by atoms with Gasteiger partial charge in [-0.15, -0.1) is 11.3 Å². The topological polar surface area (TPSA) is 56.7 Å². The first-order valence-electron chi connectivity index (χ1n) is 7.03. The number of rotatable bonds is 9. The van der Waals surface area contributed by atoms with Crippen LogP contribution in [0.2, 0.25) is 0 Å². The number of likely N-dealkylation sites (N-methyl/N-ethyl adjacent to an activating group) is 1. The number of hydrogen-bond acceptors (Lipinski definition) is 5. The molecular weight excluding hydrogens is 274 g/mol. The molecule has 0 aliphatic carbocycles. The summed E-state index contributed by atoms with van der Waals surface area (Å²) in [6.45, 7) is 4.71. The Hall–Kier alpha value is -0.980. The lowest BCUT2D eigenvalue weighted by molar-refractivity contribution is -0.127. The van der Waals surface area contributed by atoms with Gasteiger partial charge in [-0.1, -0.05) is 13.3 Å². The fraction of sp³-hybridized carbons (Fsp3) is 0.714. The van der Waals surface area contributed by atoms with E-state index in [0.29, 0.717) is 13.0 Å². The van der Waals surface area contributed by atoms with Crippen LogP contribution in [-0.4, -0.2) is 59.6 Å². The Balaban J connectivity index is 2.54. The molecule has 0 atom stereocenters. The summed E-state index contributed by atoms with van der Waals surface area (Å²) in [5.41, 5.74) is 0.987. The van der Waals surface area contributed by atoms with Crippen LogP contribution < -0.4 is 0 Å². The van der Waals surface area contributed by atoms with Gasteiger partial charge in [0.05, 0.1) is 18.7 Å². The van der Waals surface area contributed by atoms with Crippen molar-refractivity contribution in [2.45, 2.75) is 32.7 Å². The van der Waals surface area contributed by atoms with Crippen molar-refractivity contribution in [2.24, 2.45) is 0 Å². The Morgan fingerprint density at radius 3 is 2.75 bits per heavy atom. The minimum atomic E-state index is 0.0732. The molecule has 0 fully saturated rings. The fourth-order valence-electron chi connectivity index (χ4n) is 1.81. The van der Waals surface area contributed by atoms with E-state index in [4.69, 9.17) is 5.11 Å². The zero-order chi connectivity index (χ0) is 15.0. The highest BCUT2D eigenvalue weighted by atomic mass is 32.1. The molecule has 1 N–H and O–H groups in total. The summed E-state index contributed by atoms with van der Waals surface area (Å²) >= 11 is 1.53. The normalized spacial score (nSPS) is 11.1. The maximum Gasteiger partial charge on any atom is 0.228 e. The number of unbranched alkanes of at least 4 members (excludes halogenated alkanes) is 1. The molecule has 1 aromatic heterocycles. The Morgan fingerprint density at radius 1 is 1.40 bits per heavy atom. The van der Waals surface area contributed by atoms with Crippen LogP contribution in [0.15, 0.2) is 5.38 Å². The molecule has 20 heavy (non-hydrogen) atoms. The average Bonchev–Trinajstić information content (AvgIpc) is 2.83. The Morgan fingerprint density at radius 2 is 2.15 bits per heavy atom. The Kier molecular flexibility index (Phi) is 7.72. The van der Waals surface area contributed by atoms with Crippen molar-refractivity contribution in [1.29, 1.82) is 0 Å². The number of nitrogens with zero attached hydrogens (tertiary/aromatic N) is 3. The molecule has 1 rings (SSSR count). The van der Waals surface area contributed by atoms with Gasteiger partial charge in [-0.05, 0) is 13.0 Å². The maximum atomic E-state index is 11.6. The van der Waals surface area contributed by atoms with Crippen LogP contribution in [0.4, 0.5) is 0 Å². The van der Waals surface area contributed by atoms with Gasteiger partial charge in [-0.2, -0.15) is 0 Å². The fourth-order valence-corrected chi connectivity index (χ4v) is 2.59. The van der Waals surface area contributed by atoms with Gasteiger partial charge in [0.1, 0.15) is 5.01 Å². The van der Waals surface area contributed by atoms with E-state index < -0.39 is 0 Å². The highest BCUT2D eigenvalue weighted by Gasteiger charge is 2.11. The van der Waals surface area contributed by atoms with Gasteiger partial charge in [-0.25, -0.2) is 4.98 Å². The summed E-state index contributed by atoms with van der Waals surface area (Å²) < 4.78 is 0. The molecule has 0 saturated heterocycles. The van der Waals surface area contributed by atoms with Gasteiger partial charge in [0, 0.05) is 32.6 Å². The van der Waals surface area contributed by atoms with Crippen molar-refractivity contribution < 1.29 is 9.90 Å². The zero-order valence-electron chi connectivity index (χ0n) is 12.6. The molecule has 0 unspecified atom stereocenters. The molecule has 5 nitrogen and oxygen atoms in total. The lowest BCUT2D eigenvalue weighted by atomic mass is 10.3. The summed E-state index contributed by atoms with van der Waals surface area (Å²) in [6.07, 6.45) is 2.63. The zero-order valence-corrected chi connectivity index (χ0v) is 13.4. The average molecular weight is 299 g/mol. The first-order valence-corrected chi connectivity index (χ1v) is 7.91. The van der Waals surface area contributed by atoms with Crippen molar-refractivity contribution in [3.8, 4) is 0 Å². The molecular formula is C14H25N3O2S. The number of aliphatic hydroxyl groups excluding tert-OH is 1. The molecule has 0 saturated carbocycles. The predicted octanol–water partition coefficient (Wildman–Crippen LogP) is 1.37. The standard InChI is InChI=1S/C14H25N3O2S/c1-4-5-6-17(7-8-18)10-12-11-20-13(15-12)9-14(19)16(2)3/h11,18H,4-10H2,1-3H3. The maximum absolute atomic E-state index is 11.6. The highest BCUT2D eigenvalue weighted by molar-refractivity contribution is 7.09. The molecule has 0 aromatic carbocycles. The Bertz CT molecular complexity index is 407. The van der Waals surface area contributed by atoms with Gasteiger partial charge >= 0.3 is 0 Å². The Labute approximate surface area is 125 Å². The van der Waals surface area contributed by atoms with Crippen molar-refractivity contribution >= 4 is 17.2 Å². The third-order valence-electron chi connectivity index (χ3n) is 3.03. The second kappa shape index (κ2) is 9.05. The van der Waals surface area contributed by atoms with Gasteiger partial charge in [-0.3, -0.25) is 9.69 Å². The molecule has 0 radical (unpaired) electrons. The van der Waals surface area contributed by atoms with Crippen molar-refractivity contribution in [3.05, 3.63) is 16.1 Å². The van der Waals surface area contributed by atoms with Crippen LogP contribution in [0.1, 0.15) is 30.5 Å². The molecule has 1 amide bonds. The van der Waals surface area contributed by atoms with E-state index >= 15 is 0 Å². The van der Waals surface area contributed by atoms with Crippen LogP contribution in [0.3, 0.4) is 0 Å². The van der Waals surface area contributed by atoms with Crippen LogP contribution in [0.25, 0.3) is 0 Å². The van der Waals surface area contributed by atoms with Crippen LogP contribution in [-0.2, 0) is 17.8 Å². The van der Waals surface area contributed by atoms with E-state index in [9.17, 15) is 4.79 Å². The molecule has 1 heterocycles. The second-order valence-corrected chi connectivity index (χ2v) is 5.99. The molecule has 0 bridgehead atoms. The highest BCUT2D eigenvalue weighted by Crippen LogP contribution is 2.13. The van der Waals surface area contributed by atoms with Crippen LogP contribution in [0, 0.1) is 0 Å². The van der Waals surface area contributed by atoms with E-state index in [2.05, 4.69) is 16.8 Å². The summed E-state index contributed by atoms with van der Waals surface area (Å²) in [5, 5.41) is 12.0. The third kappa shape index (κ3) is 5.98. The molecule has 1 aromatic rings. The number of aliphatic hydroxyl groups is 1. The lowest BCUT2D eigenvalue weighted by Crippen LogP contribution is -2.27. The second-order valence-electron chi connectivity index (χ2n) is 5.05. The summed E-state index contributed by atoms with van der Waals surface area (Å²) in [4.78, 5) is 19.9. The van der Waals surface area contributed by atoms with Gasteiger partial charge in [0.15, 0.2) is 0 Å². The van der Waals surface area contributed by atoms with E-state index in [0.717, 1.165) is 36.6 Å². The molecule has 0 aliphatic rings. The lowest BCUT2D eigenvalue weighted by Gasteiger charge is -2.19. The van der Waals surface area contributed by atoms with Crippen molar-refractivity contribution in [2.75, 3.05) is 33.8 Å². The van der Waals surface area contributed by atoms with Crippen LogP contribution >= 0.6 is 11.3 Å². The number of amides is 1. The minimum absolute atomic E-state index is 0.0732. The number of carbonyl (C=O) groups excluding carboxylic acids is 1. The van der Waals surface area contributed by atoms with Gasteiger partial charge < -0.3 is 10.0 Å². The largest absolute Gasteiger partial charge is 0.395 e. The smallest absolute Gasteiger partial charge is 0.228 e. The minimum Gasteiger partial charge on any atom is -0.395 e. The predicted molar refractivity (Wildman–Crippen MR) is 81.8 cm³/mol. The molecule has 0 aliphatic heterocycles. The quantitative estimate of drug-likeness (QED) is 0.748. The SMILES string of the molecule is CCCCN(CCO)Cc1csc(CC(=O)N(C)C)n1. The molecule has 0 spiro atoms. The number of carbonyl (C=O) groups is 1. The first kappa shape index (κ1) is 17.1. The molecule has 114 valence electrons. The first-order chi connectivity index (χ1) is 9.56. The van der Waals surface area contributed by atoms with Crippen LogP contribution in [0.5, 0.6) is 0 Å². The summed E-state index contributed by atoms with van der Waals surface area (Å²) in [6, 6.07) is 0. The third-order valence-corrected chi connectivity index (χ3v) is 3.93. The summed E-state index contributed by atoms with van der Waals surface area (Å²) in [5.74, 6) is 0.0732. The summed E-state index contributed by atoms with van der Waals surface area (Å²) in [7, 11) is 3.51. The van der Waals surface area contributed by atoms with E-state index in [1.807, 2.05) is 5.38 Å². The number of thiazole rings is 1. The number of hydrogen-bond donors (Lipinski definition) is 1. The van der Waals surface area contributed by atoms with E-state index in [1.54, 1.807) is 19.0 Å². The van der Waals surface area contributed by atoms with Crippen molar-refractivity contribution in [1.82, 2.24) is 14.8 Å². The van der Waals surface area contributed by atoms with Gasteiger partial charge in [0.2, 0.25) is 5.91 Å². The van der Waals surface area contributed by atoms with Crippen molar-refractivity contribution in [3.63, 3.8) is 0 Å². The van der Waals surface area contributed by atoms with E-state index in [1.165, 1.54) is 11.3 Å². The molecule has 6 heteroatoms. The van der Waals surface area contributed by atoms with Gasteiger partial charge in [0.25, 0.3) is 0 Å². The number of aromatic nitrogens is 1. The monoisotopic (exact) mass is 299 g/mol.